The number of halogens is 1. The van der Waals surface area contributed by atoms with Gasteiger partial charge in [-0.25, -0.2) is 0 Å². The van der Waals surface area contributed by atoms with E-state index in [1.807, 2.05) is 30.3 Å². The molecule has 0 spiro atoms. The largest absolute Gasteiger partial charge is 0.484 e. The minimum absolute atomic E-state index is 0.114. The zero-order chi connectivity index (χ0) is 16.1. The summed E-state index contributed by atoms with van der Waals surface area (Å²) in [6.07, 6.45) is -0.114. The van der Waals surface area contributed by atoms with E-state index >= 15 is 0 Å². The molecule has 0 aliphatic rings. The lowest BCUT2D eigenvalue weighted by molar-refractivity contribution is -0.137. The van der Waals surface area contributed by atoms with Gasteiger partial charge in [0.1, 0.15) is 5.75 Å². The number of carboxylic acid groups (broad SMARTS) is 1. The van der Waals surface area contributed by atoms with Crippen molar-refractivity contribution in [1.29, 1.82) is 0 Å². The van der Waals surface area contributed by atoms with Crippen LogP contribution in [0.2, 0.25) is 0 Å². The van der Waals surface area contributed by atoms with Crippen LogP contribution in [-0.2, 0) is 9.59 Å². The monoisotopic (exact) mass is 365 g/mol. The first-order chi connectivity index (χ1) is 10.4. The van der Waals surface area contributed by atoms with Gasteiger partial charge in [-0.05, 0) is 42.0 Å². The number of carboxylic acids is 1. The van der Waals surface area contributed by atoms with Gasteiger partial charge in [-0.3, -0.25) is 9.59 Å². The minimum Gasteiger partial charge on any atom is -0.484 e. The molecule has 22 heavy (non-hydrogen) atoms. The molecule has 0 saturated carbocycles. The second kappa shape index (κ2) is 7.26. The van der Waals surface area contributed by atoms with Crippen molar-refractivity contribution in [2.75, 3.05) is 6.61 Å². The van der Waals surface area contributed by atoms with E-state index in [-0.39, 0.29) is 18.9 Å². The van der Waals surface area contributed by atoms with E-state index in [9.17, 15) is 9.59 Å². The predicted octanol–water partition coefficient (Wildman–Crippen LogP) is 2.96. The highest BCUT2D eigenvalue weighted by Crippen LogP contribution is 2.24. The number of ether oxygens (including phenoxy) is 1. The van der Waals surface area contributed by atoms with Crippen molar-refractivity contribution >= 4 is 38.6 Å². The number of carbonyl (C=O) groups is 2. The fourth-order valence-electron chi connectivity index (χ4n) is 2.06. The molecule has 1 amide bonds. The zero-order valence-corrected chi connectivity index (χ0v) is 13.6. The number of nitrogens with one attached hydrogen (secondary N) is 1. The summed E-state index contributed by atoms with van der Waals surface area (Å²) in [7, 11) is 0. The predicted molar refractivity (Wildman–Crippen MR) is 87.0 cm³/mol. The Balaban J connectivity index is 1.92. The number of fused-ring (bicyclic) bond motifs is 1. The van der Waals surface area contributed by atoms with Crippen LogP contribution in [0, 0.1) is 0 Å². The van der Waals surface area contributed by atoms with Gasteiger partial charge in [-0.15, -0.1) is 0 Å². The first kappa shape index (κ1) is 16.3. The Bertz CT molecular complexity index is 702. The van der Waals surface area contributed by atoms with E-state index in [1.54, 1.807) is 13.0 Å². The van der Waals surface area contributed by atoms with Crippen LogP contribution >= 0.6 is 15.9 Å². The van der Waals surface area contributed by atoms with Crippen LogP contribution in [0.3, 0.4) is 0 Å². The van der Waals surface area contributed by atoms with Crippen molar-refractivity contribution in [3.05, 3.63) is 40.9 Å². The molecular weight excluding hydrogens is 350 g/mol. The molecule has 1 unspecified atom stereocenters. The minimum atomic E-state index is -0.950. The molecule has 0 heterocycles. The van der Waals surface area contributed by atoms with Crippen molar-refractivity contribution in [2.24, 2.45) is 0 Å². The second-order valence-electron chi connectivity index (χ2n) is 5.01. The summed E-state index contributed by atoms with van der Waals surface area (Å²) in [5.74, 6) is -0.699. The van der Waals surface area contributed by atoms with E-state index in [0.29, 0.717) is 5.75 Å². The van der Waals surface area contributed by atoms with Gasteiger partial charge in [0, 0.05) is 10.5 Å². The Kier molecular flexibility index (Phi) is 5.38. The molecule has 116 valence electrons. The highest BCUT2D eigenvalue weighted by Gasteiger charge is 2.11. The Morgan fingerprint density at radius 3 is 2.64 bits per heavy atom. The van der Waals surface area contributed by atoms with Crippen LogP contribution in [0.5, 0.6) is 5.75 Å². The molecule has 0 aromatic heterocycles. The number of hydrogen-bond donors (Lipinski definition) is 2. The summed E-state index contributed by atoms with van der Waals surface area (Å²) in [6.45, 7) is 1.49. The third-order valence-electron chi connectivity index (χ3n) is 3.03. The molecular formula is C16H16BrNO4. The Morgan fingerprint density at radius 1 is 1.23 bits per heavy atom. The van der Waals surface area contributed by atoms with Gasteiger partial charge < -0.3 is 15.2 Å². The zero-order valence-electron chi connectivity index (χ0n) is 12.0. The van der Waals surface area contributed by atoms with E-state index in [4.69, 9.17) is 9.84 Å². The average Bonchev–Trinajstić information content (AvgIpc) is 2.44. The number of amides is 1. The molecule has 1 atom stereocenters. The molecule has 2 rings (SSSR count). The molecule has 0 aliphatic carbocycles. The van der Waals surface area contributed by atoms with Gasteiger partial charge >= 0.3 is 5.97 Å². The van der Waals surface area contributed by atoms with Crippen molar-refractivity contribution < 1.29 is 19.4 Å². The lowest BCUT2D eigenvalue weighted by Gasteiger charge is -2.12. The SMILES string of the molecule is CC(CC(=O)O)NC(=O)COc1ccc2cc(Br)ccc2c1. The van der Waals surface area contributed by atoms with Gasteiger partial charge in [-0.2, -0.15) is 0 Å². The molecule has 2 N–H and O–H groups in total. The van der Waals surface area contributed by atoms with Gasteiger partial charge in [0.2, 0.25) is 0 Å². The van der Waals surface area contributed by atoms with E-state index < -0.39 is 12.0 Å². The average molecular weight is 366 g/mol. The van der Waals surface area contributed by atoms with Crippen LogP contribution in [0.4, 0.5) is 0 Å². The first-order valence-corrected chi connectivity index (χ1v) is 7.56. The van der Waals surface area contributed by atoms with Crippen molar-refractivity contribution in [3.63, 3.8) is 0 Å². The van der Waals surface area contributed by atoms with Gasteiger partial charge in [0.05, 0.1) is 6.42 Å². The van der Waals surface area contributed by atoms with E-state index in [2.05, 4.69) is 21.2 Å². The Labute approximate surface area is 136 Å². The Morgan fingerprint density at radius 2 is 1.91 bits per heavy atom. The maximum Gasteiger partial charge on any atom is 0.305 e. The highest BCUT2D eigenvalue weighted by molar-refractivity contribution is 9.10. The molecule has 0 radical (unpaired) electrons. The number of hydrogen-bond acceptors (Lipinski definition) is 3. The number of aliphatic carboxylic acids is 1. The van der Waals surface area contributed by atoms with Crippen LogP contribution in [0.25, 0.3) is 10.8 Å². The summed E-state index contributed by atoms with van der Waals surface area (Å²) in [6, 6.07) is 11.0. The van der Waals surface area contributed by atoms with Gasteiger partial charge in [0.15, 0.2) is 6.61 Å². The first-order valence-electron chi connectivity index (χ1n) is 6.77. The van der Waals surface area contributed by atoms with Crippen LogP contribution in [0.15, 0.2) is 40.9 Å². The Hall–Kier alpha value is -2.08. The van der Waals surface area contributed by atoms with Crippen LogP contribution in [-0.4, -0.2) is 29.6 Å². The standard InChI is InChI=1S/C16H16BrNO4/c1-10(6-16(20)21)18-15(19)9-22-14-5-3-11-7-13(17)4-2-12(11)8-14/h2-5,7-8,10H,6,9H2,1H3,(H,18,19)(H,20,21). The summed E-state index contributed by atoms with van der Waals surface area (Å²) in [4.78, 5) is 22.2. The molecule has 0 aliphatic heterocycles. The maximum absolute atomic E-state index is 11.7. The highest BCUT2D eigenvalue weighted by atomic mass is 79.9. The quantitative estimate of drug-likeness (QED) is 0.824. The number of benzene rings is 2. The lowest BCUT2D eigenvalue weighted by Crippen LogP contribution is -2.37. The summed E-state index contributed by atoms with van der Waals surface area (Å²) in [5, 5.41) is 13.3. The molecule has 5 nitrogen and oxygen atoms in total. The molecule has 6 heteroatoms. The molecule has 0 bridgehead atoms. The summed E-state index contributed by atoms with van der Waals surface area (Å²) >= 11 is 3.41. The maximum atomic E-state index is 11.7. The molecule has 0 fully saturated rings. The van der Waals surface area contributed by atoms with Crippen LogP contribution < -0.4 is 10.1 Å². The third kappa shape index (κ3) is 4.73. The van der Waals surface area contributed by atoms with Crippen molar-refractivity contribution in [3.8, 4) is 5.75 Å². The smallest absolute Gasteiger partial charge is 0.305 e. The van der Waals surface area contributed by atoms with E-state index in [1.165, 1.54) is 0 Å². The number of carbonyl (C=O) groups excluding carboxylic acids is 1. The van der Waals surface area contributed by atoms with Crippen LogP contribution in [0.1, 0.15) is 13.3 Å². The fraction of sp³-hybridized carbons (Fsp3) is 0.250. The van der Waals surface area contributed by atoms with Crippen molar-refractivity contribution in [1.82, 2.24) is 5.32 Å². The van der Waals surface area contributed by atoms with Crippen molar-refractivity contribution in [2.45, 2.75) is 19.4 Å². The van der Waals surface area contributed by atoms with E-state index in [0.717, 1.165) is 15.2 Å². The fourth-order valence-corrected chi connectivity index (χ4v) is 2.44. The van der Waals surface area contributed by atoms with Gasteiger partial charge in [-0.1, -0.05) is 28.1 Å². The lowest BCUT2D eigenvalue weighted by atomic mass is 10.1. The summed E-state index contributed by atoms with van der Waals surface area (Å²) < 4.78 is 6.44. The topological polar surface area (TPSA) is 75.6 Å². The third-order valence-corrected chi connectivity index (χ3v) is 3.53. The molecule has 0 saturated heterocycles. The summed E-state index contributed by atoms with van der Waals surface area (Å²) in [5.41, 5.74) is 0. The normalized spacial score (nSPS) is 11.9. The second-order valence-corrected chi connectivity index (χ2v) is 5.92. The van der Waals surface area contributed by atoms with Gasteiger partial charge in [0.25, 0.3) is 5.91 Å². The number of rotatable bonds is 6. The molecule has 2 aromatic rings. The molecule has 2 aromatic carbocycles.